The van der Waals surface area contributed by atoms with Crippen molar-refractivity contribution in [3.05, 3.63) is 48.2 Å². The molecule has 0 saturated carbocycles. The molecule has 8 nitrogen and oxygen atoms in total. The lowest BCUT2D eigenvalue weighted by atomic mass is 9.94. The van der Waals surface area contributed by atoms with Crippen LogP contribution in [0, 0.1) is 5.92 Å². The van der Waals surface area contributed by atoms with Crippen LogP contribution in [0.1, 0.15) is 33.7 Å². The minimum Gasteiger partial charge on any atom is -0.480 e. The van der Waals surface area contributed by atoms with E-state index in [9.17, 15) is 9.59 Å². The van der Waals surface area contributed by atoms with E-state index in [1.54, 1.807) is 29.4 Å². The number of amides is 2. The Kier molecular flexibility index (Phi) is 4.70. The van der Waals surface area contributed by atoms with Crippen molar-refractivity contribution in [3.8, 4) is 5.88 Å². The maximum Gasteiger partial charge on any atom is 0.274 e. The van der Waals surface area contributed by atoms with Gasteiger partial charge in [-0.2, -0.15) is 0 Å². The van der Waals surface area contributed by atoms with Gasteiger partial charge in [-0.25, -0.2) is 9.97 Å². The number of piperidine rings is 1. The van der Waals surface area contributed by atoms with Crippen molar-refractivity contribution in [2.75, 3.05) is 26.7 Å². The van der Waals surface area contributed by atoms with E-state index in [1.165, 1.54) is 19.5 Å². The molecule has 140 valence electrons. The van der Waals surface area contributed by atoms with Crippen LogP contribution >= 0.6 is 0 Å². The molecule has 5 heterocycles. The molecule has 2 aromatic rings. The van der Waals surface area contributed by atoms with Crippen LogP contribution in [-0.2, 0) is 0 Å². The first kappa shape index (κ1) is 17.4. The quantitative estimate of drug-likeness (QED) is 0.811. The molecule has 0 aromatic carbocycles. The van der Waals surface area contributed by atoms with Crippen molar-refractivity contribution in [1.82, 2.24) is 24.8 Å². The first-order valence-corrected chi connectivity index (χ1v) is 9.02. The van der Waals surface area contributed by atoms with Gasteiger partial charge in [0.2, 0.25) is 5.88 Å². The van der Waals surface area contributed by atoms with Gasteiger partial charge in [0.1, 0.15) is 11.3 Å². The van der Waals surface area contributed by atoms with E-state index in [2.05, 4.69) is 15.0 Å². The average molecular weight is 367 g/mol. The maximum absolute atomic E-state index is 13.1. The van der Waals surface area contributed by atoms with Gasteiger partial charge in [0.15, 0.2) is 0 Å². The second-order valence-corrected chi connectivity index (χ2v) is 6.92. The molecule has 8 heteroatoms. The maximum atomic E-state index is 13.1. The van der Waals surface area contributed by atoms with Gasteiger partial charge in [-0.15, -0.1) is 0 Å². The molecule has 0 spiro atoms. The minimum absolute atomic E-state index is 0.0261. The fraction of sp³-hybridized carbons (Fsp3) is 0.421. The van der Waals surface area contributed by atoms with Gasteiger partial charge >= 0.3 is 0 Å². The third kappa shape index (κ3) is 3.34. The third-order valence-electron chi connectivity index (χ3n) is 5.24. The third-order valence-corrected chi connectivity index (χ3v) is 5.24. The van der Waals surface area contributed by atoms with Crippen LogP contribution < -0.4 is 4.74 Å². The highest BCUT2D eigenvalue weighted by Crippen LogP contribution is 2.31. The zero-order valence-electron chi connectivity index (χ0n) is 15.1. The standard InChI is InChI=1S/C19H21N5O3/c1-27-17-15(3-2-6-22-17)18(25)24-11-13-4-5-14(24)12-23(10-13)19(26)16-9-20-7-8-21-16/h2-3,6-9,13-14H,4-5,10-12H2,1H3. The van der Waals surface area contributed by atoms with Crippen LogP contribution in [0.15, 0.2) is 36.9 Å². The smallest absolute Gasteiger partial charge is 0.274 e. The van der Waals surface area contributed by atoms with E-state index >= 15 is 0 Å². The van der Waals surface area contributed by atoms with Gasteiger partial charge in [0, 0.05) is 44.3 Å². The Bertz CT molecular complexity index is 844. The number of pyridine rings is 1. The number of nitrogens with zero attached hydrogens (tertiary/aromatic N) is 5. The zero-order valence-corrected chi connectivity index (χ0v) is 15.1. The summed E-state index contributed by atoms with van der Waals surface area (Å²) >= 11 is 0. The van der Waals surface area contributed by atoms with Crippen molar-refractivity contribution >= 4 is 11.8 Å². The predicted octanol–water partition coefficient (Wildman–Crippen LogP) is 1.26. The second kappa shape index (κ2) is 7.30. The highest BCUT2D eigenvalue weighted by atomic mass is 16.5. The Morgan fingerprint density at radius 3 is 2.74 bits per heavy atom. The molecule has 0 radical (unpaired) electrons. The molecule has 5 rings (SSSR count). The van der Waals surface area contributed by atoms with E-state index < -0.39 is 0 Å². The van der Waals surface area contributed by atoms with Crippen molar-refractivity contribution in [2.24, 2.45) is 5.92 Å². The van der Waals surface area contributed by atoms with Crippen molar-refractivity contribution in [3.63, 3.8) is 0 Å². The molecule has 2 amide bonds. The average Bonchev–Trinajstić information content (AvgIpc) is 3.05. The number of methoxy groups -OCH3 is 1. The van der Waals surface area contributed by atoms with Crippen LogP contribution in [0.3, 0.4) is 0 Å². The molecule has 2 aromatic heterocycles. The Morgan fingerprint density at radius 1 is 1.07 bits per heavy atom. The monoisotopic (exact) mass is 367 g/mol. The van der Waals surface area contributed by atoms with Gasteiger partial charge in [-0.1, -0.05) is 0 Å². The number of aromatic nitrogens is 3. The van der Waals surface area contributed by atoms with E-state index in [0.29, 0.717) is 36.8 Å². The SMILES string of the molecule is COc1ncccc1C(=O)N1CC2CCC1CN(C(=O)c1cnccn1)C2. The summed E-state index contributed by atoms with van der Waals surface area (Å²) in [5.74, 6) is 0.350. The summed E-state index contributed by atoms with van der Waals surface area (Å²) < 4.78 is 5.25. The van der Waals surface area contributed by atoms with E-state index in [1.807, 2.05) is 4.90 Å². The lowest BCUT2D eigenvalue weighted by Crippen LogP contribution is -2.47. The number of carbonyl (C=O) groups excluding carboxylic acids is 2. The lowest BCUT2D eigenvalue weighted by Gasteiger charge is -2.36. The molecule has 2 atom stereocenters. The van der Waals surface area contributed by atoms with Crippen LogP contribution in [-0.4, -0.2) is 69.4 Å². The summed E-state index contributed by atoms with van der Waals surface area (Å²) in [6.45, 7) is 1.76. The second-order valence-electron chi connectivity index (χ2n) is 6.92. The molecule has 3 saturated heterocycles. The number of hydrogen-bond acceptors (Lipinski definition) is 6. The predicted molar refractivity (Wildman–Crippen MR) is 96.3 cm³/mol. The summed E-state index contributed by atoms with van der Waals surface area (Å²) in [4.78, 5) is 41.9. The van der Waals surface area contributed by atoms with E-state index in [0.717, 1.165) is 12.8 Å². The molecule has 3 aliphatic heterocycles. The fourth-order valence-electron chi connectivity index (χ4n) is 3.94. The Balaban J connectivity index is 1.56. The van der Waals surface area contributed by atoms with Crippen LogP contribution in [0.5, 0.6) is 5.88 Å². The van der Waals surface area contributed by atoms with Gasteiger partial charge in [-0.05, 0) is 30.9 Å². The molecule has 2 bridgehead atoms. The molecule has 0 N–H and O–H groups in total. The van der Waals surface area contributed by atoms with E-state index in [-0.39, 0.29) is 23.8 Å². The Morgan fingerprint density at radius 2 is 1.96 bits per heavy atom. The van der Waals surface area contributed by atoms with Crippen LogP contribution in [0.2, 0.25) is 0 Å². The summed E-state index contributed by atoms with van der Waals surface area (Å²) in [7, 11) is 1.51. The van der Waals surface area contributed by atoms with Gasteiger partial charge in [0.25, 0.3) is 11.8 Å². The van der Waals surface area contributed by atoms with Gasteiger partial charge in [-0.3, -0.25) is 14.6 Å². The number of hydrogen-bond donors (Lipinski definition) is 0. The Labute approximate surface area is 157 Å². The molecule has 3 aliphatic rings. The first-order valence-electron chi connectivity index (χ1n) is 9.02. The lowest BCUT2D eigenvalue weighted by molar-refractivity contribution is 0.0570. The molecule has 27 heavy (non-hydrogen) atoms. The summed E-state index contributed by atoms with van der Waals surface area (Å²) in [5, 5.41) is 0. The summed E-state index contributed by atoms with van der Waals surface area (Å²) in [6, 6.07) is 3.44. The van der Waals surface area contributed by atoms with Gasteiger partial charge < -0.3 is 14.5 Å². The summed E-state index contributed by atoms with van der Waals surface area (Å²) in [5.41, 5.74) is 0.796. The number of ether oxygens (including phenoxy) is 1. The van der Waals surface area contributed by atoms with Crippen molar-refractivity contribution in [1.29, 1.82) is 0 Å². The fourth-order valence-corrected chi connectivity index (χ4v) is 3.94. The molecular formula is C19H21N5O3. The van der Waals surface area contributed by atoms with Crippen molar-refractivity contribution in [2.45, 2.75) is 18.9 Å². The first-order chi connectivity index (χ1) is 13.2. The van der Waals surface area contributed by atoms with Crippen LogP contribution in [0.4, 0.5) is 0 Å². The highest BCUT2D eigenvalue weighted by Gasteiger charge is 2.39. The summed E-state index contributed by atoms with van der Waals surface area (Å²) in [6.07, 6.45) is 8.03. The number of rotatable bonds is 3. The Hall–Kier alpha value is -3.03. The normalized spacial score (nSPS) is 21.7. The molecule has 2 unspecified atom stereocenters. The zero-order chi connectivity index (χ0) is 18.8. The molecule has 3 fully saturated rings. The topological polar surface area (TPSA) is 88.5 Å². The van der Waals surface area contributed by atoms with Crippen LogP contribution in [0.25, 0.3) is 0 Å². The number of carbonyl (C=O) groups is 2. The highest BCUT2D eigenvalue weighted by molar-refractivity contribution is 5.97. The molecule has 0 aliphatic carbocycles. The number of fused-ring (bicyclic) bond motifs is 4. The van der Waals surface area contributed by atoms with Gasteiger partial charge in [0.05, 0.1) is 13.3 Å². The van der Waals surface area contributed by atoms with Crippen molar-refractivity contribution < 1.29 is 14.3 Å². The van der Waals surface area contributed by atoms with E-state index in [4.69, 9.17) is 4.74 Å². The largest absolute Gasteiger partial charge is 0.480 e. The molecular weight excluding hydrogens is 346 g/mol. The minimum atomic E-state index is -0.131.